The third-order valence-corrected chi connectivity index (χ3v) is 6.88. The van der Waals surface area contributed by atoms with Gasteiger partial charge in [0.1, 0.15) is 4.90 Å². The normalized spacial score (nSPS) is 27.6. The van der Waals surface area contributed by atoms with Gasteiger partial charge in [0.2, 0.25) is 10.0 Å². The van der Waals surface area contributed by atoms with Crippen LogP contribution in [0.2, 0.25) is 5.02 Å². The van der Waals surface area contributed by atoms with Crippen molar-refractivity contribution in [2.75, 3.05) is 33.3 Å². The van der Waals surface area contributed by atoms with E-state index in [0.29, 0.717) is 19.7 Å². The summed E-state index contributed by atoms with van der Waals surface area (Å²) in [4.78, 5) is 2.39. The number of nitrogens with zero attached hydrogens (tertiary/aromatic N) is 2. The zero-order valence-electron chi connectivity index (χ0n) is 12.8. The van der Waals surface area contributed by atoms with Crippen molar-refractivity contribution in [2.45, 2.75) is 30.4 Å². The van der Waals surface area contributed by atoms with Crippen LogP contribution >= 0.6 is 11.6 Å². The number of aryl methyl sites for hydroxylation is 1. The number of morpholine rings is 1. The molecule has 1 aromatic rings. The van der Waals surface area contributed by atoms with E-state index in [1.807, 2.05) is 20.0 Å². The summed E-state index contributed by atoms with van der Waals surface area (Å²) in [5.41, 5.74) is 0.885. The molecule has 0 radical (unpaired) electrons. The first kappa shape index (κ1) is 16.2. The van der Waals surface area contributed by atoms with Gasteiger partial charge in [-0.3, -0.25) is 4.90 Å². The highest BCUT2D eigenvalue weighted by molar-refractivity contribution is 7.89. The highest BCUT2D eigenvalue weighted by atomic mass is 35.5. The molecule has 5 nitrogen and oxygen atoms in total. The van der Waals surface area contributed by atoms with Gasteiger partial charge in [-0.05, 0) is 38.1 Å². The molecular formula is C15H21ClN2O3S. The van der Waals surface area contributed by atoms with Crippen molar-refractivity contribution in [3.05, 3.63) is 28.8 Å². The van der Waals surface area contributed by atoms with Crippen LogP contribution in [-0.2, 0) is 14.8 Å². The first-order chi connectivity index (χ1) is 10.4. The summed E-state index contributed by atoms with van der Waals surface area (Å²) in [5.74, 6) is 0. The molecule has 0 unspecified atom stereocenters. The molecule has 2 aliphatic rings. The SMILES string of the molecule is Cc1ccc(Cl)c(S(=O)(=O)N2CC[C@H]3OCCN(C)[C@H]3C2)c1. The number of hydrogen-bond acceptors (Lipinski definition) is 4. The van der Waals surface area contributed by atoms with Gasteiger partial charge in [0.05, 0.1) is 17.7 Å². The molecule has 0 bridgehead atoms. The molecule has 2 heterocycles. The van der Waals surface area contributed by atoms with Crippen LogP contribution in [0, 0.1) is 6.92 Å². The van der Waals surface area contributed by atoms with Crippen LogP contribution in [0.5, 0.6) is 0 Å². The maximum Gasteiger partial charge on any atom is 0.244 e. The third-order valence-electron chi connectivity index (χ3n) is 4.53. The van der Waals surface area contributed by atoms with Crippen LogP contribution in [0.1, 0.15) is 12.0 Å². The highest BCUT2D eigenvalue weighted by Crippen LogP contribution is 2.30. The Bertz CT molecular complexity index is 665. The van der Waals surface area contributed by atoms with Crippen LogP contribution in [0.3, 0.4) is 0 Å². The van der Waals surface area contributed by atoms with Gasteiger partial charge in [-0.25, -0.2) is 8.42 Å². The number of rotatable bonds is 2. The molecule has 0 aliphatic carbocycles. The van der Waals surface area contributed by atoms with Crippen LogP contribution in [0.15, 0.2) is 23.1 Å². The second-order valence-electron chi connectivity index (χ2n) is 6.04. The summed E-state index contributed by atoms with van der Waals surface area (Å²) in [7, 11) is -1.55. The van der Waals surface area contributed by atoms with Crippen LogP contribution in [0.4, 0.5) is 0 Å². The van der Waals surface area contributed by atoms with Crippen molar-refractivity contribution in [3.63, 3.8) is 0 Å². The Morgan fingerprint density at radius 3 is 2.86 bits per heavy atom. The van der Waals surface area contributed by atoms with Crippen molar-refractivity contribution < 1.29 is 13.2 Å². The highest BCUT2D eigenvalue weighted by Gasteiger charge is 2.40. The van der Waals surface area contributed by atoms with Gasteiger partial charge in [-0.15, -0.1) is 0 Å². The van der Waals surface area contributed by atoms with E-state index in [4.69, 9.17) is 16.3 Å². The maximum absolute atomic E-state index is 12.9. The van der Waals surface area contributed by atoms with E-state index in [9.17, 15) is 8.42 Å². The summed E-state index contributed by atoms with van der Waals surface area (Å²) < 4.78 is 33.2. The zero-order chi connectivity index (χ0) is 15.9. The summed E-state index contributed by atoms with van der Waals surface area (Å²) in [6, 6.07) is 5.22. The summed E-state index contributed by atoms with van der Waals surface area (Å²) >= 11 is 6.13. The Kier molecular flexibility index (Phi) is 4.49. The van der Waals surface area contributed by atoms with E-state index in [-0.39, 0.29) is 22.1 Å². The van der Waals surface area contributed by atoms with Gasteiger partial charge in [0.15, 0.2) is 0 Å². The number of piperidine rings is 1. The molecule has 1 aromatic carbocycles. The monoisotopic (exact) mass is 344 g/mol. The molecule has 7 heteroatoms. The van der Waals surface area contributed by atoms with Gasteiger partial charge in [-0.2, -0.15) is 4.31 Å². The molecule has 3 rings (SSSR count). The smallest absolute Gasteiger partial charge is 0.244 e. The van der Waals surface area contributed by atoms with E-state index in [1.165, 1.54) is 0 Å². The maximum atomic E-state index is 12.9. The second-order valence-corrected chi connectivity index (χ2v) is 8.36. The van der Waals surface area contributed by atoms with Crippen LogP contribution < -0.4 is 0 Å². The van der Waals surface area contributed by atoms with Gasteiger partial charge < -0.3 is 4.74 Å². The molecule has 2 atom stereocenters. The molecule has 0 N–H and O–H groups in total. The first-order valence-corrected chi connectivity index (χ1v) is 9.29. The van der Waals surface area contributed by atoms with E-state index in [2.05, 4.69) is 4.90 Å². The van der Waals surface area contributed by atoms with Gasteiger partial charge in [0, 0.05) is 25.7 Å². The predicted octanol–water partition coefficient (Wildman–Crippen LogP) is 1.74. The van der Waals surface area contributed by atoms with Crippen LogP contribution in [0.25, 0.3) is 0 Å². The number of benzene rings is 1. The number of sulfonamides is 1. The third kappa shape index (κ3) is 2.90. The molecule has 0 aromatic heterocycles. The van der Waals surface area contributed by atoms with Crippen LogP contribution in [-0.4, -0.2) is 63.1 Å². The summed E-state index contributed by atoms with van der Waals surface area (Å²) in [6.45, 7) is 4.34. The Morgan fingerprint density at radius 2 is 2.09 bits per heavy atom. The van der Waals surface area contributed by atoms with E-state index in [1.54, 1.807) is 16.4 Å². The topological polar surface area (TPSA) is 49.9 Å². The summed E-state index contributed by atoms with van der Waals surface area (Å²) in [5, 5.41) is 0.279. The van der Waals surface area contributed by atoms with Crippen molar-refractivity contribution in [2.24, 2.45) is 0 Å². The fourth-order valence-corrected chi connectivity index (χ4v) is 5.21. The zero-order valence-corrected chi connectivity index (χ0v) is 14.4. The van der Waals surface area contributed by atoms with E-state index >= 15 is 0 Å². The largest absolute Gasteiger partial charge is 0.375 e. The lowest BCUT2D eigenvalue weighted by atomic mass is 10.0. The van der Waals surface area contributed by atoms with E-state index < -0.39 is 10.0 Å². The van der Waals surface area contributed by atoms with E-state index in [0.717, 1.165) is 18.5 Å². The lowest BCUT2D eigenvalue weighted by Gasteiger charge is -2.45. The molecule has 0 spiro atoms. The molecule has 0 saturated carbocycles. The Labute approximate surface area is 136 Å². The Balaban J connectivity index is 1.88. The number of fused-ring (bicyclic) bond motifs is 1. The molecule has 2 aliphatic heterocycles. The minimum Gasteiger partial charge on any atom is -0.375 e. The number of ether oxygens (including phenoxy) is 1. The quantitative estimate of drug-likeness (QED) is 0.820. The molecule has 0 amide bonds. The number of likely N-dealkylation sites (N-methyl/N-ethyl adjacent to an activating group) is 1. The average molecular weight is 345 g/mol. The molecule has 2 fully saturated rings. The number of hydrogen-bond donors (Lipinski definition) is 0. The van der Waals surface area contributed by atoms with Crippen molar-refractivity contribution in [1.82, 2.24) is 9.21 Å². The predicted molar refractivity (Wildman–Crippen MR) is 85.7 cm³/mol. The van der Waals surface area contributed by atoms with Gasteiger partial charge in [0.25, 0.3) is 0 Å². The van der Waals surface area contributed by atoms with Crippen molar-refractivity contribution in [3.8, 4) is 0 Å². The standard InChI is InChI=1S/C15H21ClN2O3S/c1-11-3-4-12(16)15(9-11)22(19,20)18-6-5-14-13(10-18)17(2)7-8-21-14/h3-4,9,13-14H,5-8,10H2,1-2H3/t13-,14+/m0/s1. The molecule has 22 heavy (non-hydrogen) atoms. The molecular weight excluding hydrogens is 324 g/mol. The average Bonchev–Trinajstić information content (AvgIpc) is 2.49. The van der Waals surface area contributed by atoms with Gasteiger partial charge >= 0.3 is 0 Å². The Hall–Kier alpha value is -0.660. The lowest BCUT2D eigenvalue weighted by molar-refractivity contribution is -0.0840. The van der Waals surface area contributed by atoms with Crippen molar-refractivity contribution >= 4 is 21.6 Å². The Morgan fingerprint density at radius 1 is 1.32 bits per heavy atom. The first-order valence-electron chi connectivity index (χ1n) is 7.48. The molecule has 122 valence electrons. The summed E-state index contributed by atoms with van der Waals surface area (Å²) in [6.07, 6.45) is 0.843. The lowest BCUT2D eigenvalue weighted by Crippen LogP contribution is -2.59. The van der Waals surface area contributed by atoms with Gasteiger partial charge in [-0.1, -0.05) is 17.7 Å². The minimum atomic E-state index is -3.57. The van der Waals surface area contributed by atoms with Crippen molar-refractivity contribution in [1.29, 1.82) is 0 Å². The second kappa shape index (κ2) is 6.09. The molecule has 2 saturated heterocycles. The fourth-order valence-electron chi connectivity index (χ4n) is 3.18. The minimum absolute atomic E-state index is 0.112. The fraction of sp³-hybridized carbons (Fsp3) is 0.600. The number of halogens is 1.